The zero-order chi connectivity index (χ0) is 18.0. The summed E-state index contributed by atoms with van der Waals surface area (Å²) < 4.78 is 27.3. The van der Waals surface area contributed by atoms with Crippen LogP contribution >= 0.6 is 12.4 Å². The summed E-state index contributed by atoms with van der Waals surface area (Å²) in [6, 6.07) is 7.07. The zero-order valence-corrected chi connectivity index (χ0v) is 17.0. The van der Waals surface area contributed by atoms with E-state index in [2.05, 4.69) is 5.32 Å². The minimum absolute atomic E-state index is 0. The van der Waals surface area contributed by atoms with Crippen LogP contribution in [0.15, 0.2) is 29.2 Å². The number of amides is 1. The smallest absolute Gasteiger partial charge is 0.243 e. The SMILES string of the molecule is Cc1ccc(S(=O)(=O)N2CCCC(C(=O)N3CCNCC3C)C2)cc1.Cl. The zero-order valence-electron chi connectivity index (χ0n) is 15.3. The van der Waals surface area contributed by atoms with E-state index in [1.165, 1.54) is 4.31 Å². The van der Waals surface area contributed by atoms with Crippen LogP contribution in [0.2, 0.25) is 0 Å². The molecule has 2 aliphatic heterocycles. The van der Waals surface area contributed by atoms with E-state index >= 15 is 0 Å². The Kier molecular flexibility index (Phi) is 7.07. The van der Waals surface area contributed by atoms with Crippen molar-refractivity contribution >= 4 is 28.3 Å². The Morgan fingerprint density at radius 1 is 1.19 bits per heavy atom. The molecule has 2 saturated heterocycles. The summed E-state index contributed by atoms with van der Waals surface area (Å²) >= 11 is 0. The molecule has 0 aliphatic carbocycles. The van der Waals surface area contributed by atoms with Gasteiger partial charge in [0.1, 0.15) is 0 Å². The van der Waals surface area contributed by atoms with Crippen molar-refractivity contribution in [1.82, 2.24) is 14.5 Å². The fourth-order valence-corrected chi connectivity index (χ4v) is 5.15. The maximum absolute atomic E-state index is 12.9. The lowest BCUT2D eigenvalue weighted by Gasteiger charge is -2.39. The number of carbonyl (C=O) groups is 1. The molecule has 0 radical (unpaired) electrons. The summed E-state index contributed by atoms with van der Waals surface area (Å²) in [5.74, 6) is -0.146. The van der Waals surface area contributed by atoms with E-state index in [4.69, 9.17) is 0 Å². The molecular weight excluding hydrogens is 374 g/mol. The molecule has 0 spiro atoms. The first-order valence-electron chi connectivity index (χ1n) is 8.97. The largest absolute Gasteiger partial charge is 0.337 e. The van der Waals surface area contributed by atoms with E-state index in [1.807, 2.05) is 30.9 Å². The number of aryl methyl sites for hydroxylation is 1. The average molecular weight is 402 g/mol. The Hall–Kier alpha value is -1.15. The molecule has 2 unspecified atom stereocenters. The van der Waals surface area contributed by atoms with Crippen molar-refractivity contribution in [1.29, 1.82) is 0 Å². The van der Waals surface area contributed by atoms with Gasteiger partial charge in [0.15, 0.2) is 0 Å². The third kappa shape index (κ3) is 4.39. The molecule has 6 nitrogen and oxygen atoms in total. The number of sulfonamides is 1. The number of nitrogens with zero attached hydrogens (tertiary/aromatic N) is 2. The van der Waals surface area contributed by atoms with Crippen LogP contribution in [-0.4, -0.2) is 62.3 Å². The highest BCUT2D eigenvalue weighted by atomic mass is 35.5. The quantitative estimate of drug-likeness (QED) is 0.835. The van der Waals surface area contributed by atoms with Crippen LogP contribution < -0.4 is 5.32 Å². The van der Waals surface area contributed by atoms with E-state index in [1.54, 1.807) is 12.1 Å². The number of halogens is 1. The Morgan fingerprint density at radius 2 is 1.88 bits per heavy atom. The van der Waals surface area contributed by atoms with Crippen LogP contribution in [0.5, 0.6) is 0 Å². The molecule has 2 fully saturated rings. The maximum Gasteiger partial charge on any atom is 0.243 e. The Labute approximate surface area is 162 Å². The van der Waals surface area contributed by atoms with Crippen molar-refractivity contribution in [3.05, 3.63) is 29.8 Å². The van der Waals surface area contributed by atoms with E-state index < -0.39 is 10.0 Å². The first kappa shape index (κ1) is 21.2. The molecule has 8 heteroatoms. The van der Waals surface area contributed by atoms with Crippen molar-refractivity contribution in [2.45, 2.75) is 37.6 Å². The van der Waals surface area contributed by atoms with Gasteiger partial charge in [0.05, 0.1) is 10.8 Å². The van der Waals surface area contributed by atoms with Gasteiger partial charge in [0.2, 0.25) is 15.9 Å². The molecule has 1 amide bonds. The topological polar surface area (TPSA) is 69.7 Å². The van der Waals surface area contributed by atoms with Gasteiger partial charge in [-0.05, 0) is 38.8 Å². The molecule has 0 aromatic heterocycles. The number of rotatable bonds is 3. The molecule has 1 aromatic rings. The second-order valence-electron chi connectivity index (χ2n) is 7.10. The van der Waals surface area contributed by atoms with E-state index in [9.17, 15) is 13.2 Å². The lowest BCUT2D eigenvalue weighted by atomic mass is 9.97. The monoisotopic (exact) mass is 401 g/mol. The van der Waals surface area contributed by atoms with Gasteiger partial charge < -0.3 is 10.2 Å². The van der Waals surface area contributed by atoms with Crippen molar-refractivity contribution in [2.75, 3.05) is 32.7 Å². The number of hydrogen-bond donors (Lipinski definition) is 1. The predicted molar refractivity (Wildman–Crippen MR) is 104 cm³/mol. The van der Waals surface area contributed by atoms with Gasteiger partial charge in [-0.15, -0.1) is 12.4 Å². The van der Waals surface area contributed by atoms with Gasteiger partial charge in [-0.3, -0.25) is 4.79 Å². The van der Waals surface area contributed by atoms with Crippen LogP contribution in [0.3, 0.4) is 0 Å². The molecular formula is C18H28ClN3O3S. The van der Waals surface area contributed by atoms with Crippen LogP contribution in [0.25, 0.3) is 0 Å². The molecule has 1 aromatic carbocycles. The molecule has 26 heavy (non-hydrogen) atoms. The minimum Gasteiger partial charge on any atom is -0.337 e. The standard InChI is InChI=1S/C18H27N3O3S.ClH/c1-14-5-7-17(8-6-14)25(23,24)20-10-3-4-16(13-20)18(22)21-11-9-19-12-15(21)2;/h5-8,15-16,19H,3-4,9-13H2,1-2H3;1H. The fraction of sp³-hybridized carbons (Fsp3) is 0.611. The summed E-state index contributed by atoms with van der Waals surface area (Å²) in [7, 11) is -3.54. The molecule has 3 rings (SSSR count). The summed E-state index contributed by atoms with van der Waals surface area (Å²) in [5.41, 5.74) is 1.03. The normalized spacial score (nSPS) is 24.8. The lowest BCUT2D eigenvalue weighted by Crippen LogP contribution is -2.55. The van der Waals surface area contributed by atoms with E-state index in [-0.39, 0.29) is 36.8 Å². The second kappa shape index (κ2) is 8.69. The van der Waals surface area contributed by atoms with Gasteiger partial charge in [-0.1, -0.05) is 17.7 Å². The van der Waals surface area contributed by atoms with Gasteiger partial charge in [-0.25, -0.2) is 8.42 Å². The van der Waals surface area contributed by atoms with Crippen LogP contribution in [0.4, 0.5) is 0 Å². The molecule has 0 saturated carbocycles. The third-order valence-corrected chi connectivity index (χ3v) is 7.06. The molecule has 2 heterocycles. The van der Waals surface area contributed by atoms with Gasteiger partial charge in [-0.2, -0.15) is 4.31 Å². The summed E-state index contributed by atoms with van der Waals surface area (Å²) in [6.07, 6.45) is 1.48. The lowest BCUT2D eigenvalue weighted by molar-refractivity contribution is -0.139. The number of hydrogen-bond acceptors (Lipinski definition) is 4. The highest BCUT2D eigenvalue weighted by Crippen LogP contribution is 2.26. The van der Waals surface area contributed by atoms with Crippen LogP contribution in [-0.2, 0) is 14.8 Å². The Bertz CT molecular complexity index is 724. The number of piperazine rings is 1. The first-order valence-corrected chi connectivity index (χ1v) is 10.4. The number of piperidine rings is 1. The van der Waals surface area contributed by atoms with Gasteiger partial charge in [0, 0.05) is 38.8 Å². The fourth-order valence-electron chi connectivity index (χ4n) is 3.62. The number of carbonyl (C=O) groups excluding carboxylic acids is 1. The third-order valence-electron chi connectivity index (χ3n) is 5.18. The first-order chi connectivity index (χ1) is 11.9. The molecule has 1 N–H and O–H groups in total. The van der Waals surface area contributed by atoms with E-state index in [0.717, 1.165) is 31.5 Å². The summed E-state index contributed by atoms with van der Waals surface area (Å²) in [4.78, 5) is 15.1. The van der Waals surface area contributed by atoms with Crippen molar-refractivity contribution in [3.63, 3.8) is 0 Å². The van der Waals surface area contributed by atoms with Crippen LogP contribution in [0.1, 0.15) is 25.3 Å². The molecule has 2 atom stereocenters. The minimum atomic E-state index is -3.54. The predicted octanol–water partition coefficient (Wildman–Crippen LogP) is 1.64. The van der Waals surface area contributed by atoms with Crippen molar-refractivity contribution in [3.8, 4) is 0 Å². The molecule has 146 valence electrons. The molecule has 2 aliphatic rings. The highest BCUT2D eigenvalue weighted by Gasteiger charge is 2.36. The Morgan fingerprint density at radius 3 is 2.54 bits per heavy atom. The number of benzene rings is 1. The van der Waals surface area contributed by atoms with Gasteiger partial charge in [0.25, 0.3) is 0 Å². The molecule has 0 bridgehead atoms. The van der Waals surface area contributed by atoms with E-state index in [0.29, 0.717) is 18.0 Å². The summed E-state index contributed by atoms with van der Waals surface area (Å²) in [6.45, 7) is 7.02. The van der Waals surface area contributed by atoms with Crippen molar-refractivity contribution < 1.29 is 13.2 Å². The highest BCUT2D eigenvalue weighted by molar-refractivity contribution is 7.89. The van der Waals surface area contributed by atoms with Crippen molar-refractivity contribution in [2.24, 2.45) is 5.92 Å². The average Bonchev–Trinajstić information content (AvgIpc) is 2.62. The van der Waals surface area contributed by atoms with Gasteiger partial charge >= 0.3 is 0 Å². The van der Waals surface area contributed by atoms with Crippen LogP contribution in [0, 0.1) is 12.8 Å². The summed E-state index contributed by atoms with van der Waals surface area (Å²) in [5, 5.41) is 3.28. The Balaban J connectivity index is 0.00000243. The maximum atomic E-state index is 12.9. The second-order valence-corrected chi connectivity index (χ2v) is 9.04. The number of nitrogens with one attached hydrogen (secondary N) is 1.